The van der Waals surface area contributed by atoms with Crippen LogP contribution in [-0.2, 0) is 22.3 Å². The van der Waals surface area contributed by atoms with Crippen LogP contribution in [0, 0.1) is 0 Å². The molecule has 1 heterocycles. The van der Waals surface area contributed by atoms with Gasteiger partial charge in [0.2, 0.25) is 0 Å². The number of H-pyrrole nitrogens is 1. The average molecular weight is 334 g/mol. The van der Waals surface area contributed by atoms with Gasteiger partial charge in [0.1, 0.15) is 0 Å². The summed E-state index contributed by atoms with van der Waals surface area (Å²) in [6, 6.07) is 10.0. The molecule has 0 spiro atoms. The number of ether oxygens (including phenoxy) is 2. The van der Waals surface area contributed by atoms with Crippen LogP contribution in [0.5, 0.6) is 0 Å². The van der Waals surface area contributed by atoms with Crippen molar-refractivity contribution in [1.82, 2.24) is 9.97 Å². The normalized spacial score (nSPS) is 11.1. The van der Waals surface area contributed by atoms with E-state index >= 15 is 0 Å². The van der Waals surface area contributed by atoms with Crippen LogP contribution in [0.25, 0.3) is 0 Å². The molecule has 1 N–H and O–H groups in total. The molecule has 0 aliphatic carbocycles. The first-order valence-electron chi connectivity index (χ1n) is 7.52. The number of nitrogens with one attached hydrogen (secondary N) is 1. The summed E-state index contributed by atoms with van der Waals surface area (Å²) in [5.74, 6) is 0.562. The summed E-state index contributed by atoms with van der Waals surface area (Å²) in [6.07, 6.45) is 0.988. The zero-order valence-corrected chi connectivity index (χ0v) is 14.5. The molecule has 2 aromatic rings. The standard InChI is InChI=1S/C17H22N2O3S/c1-4-13-14(10-12-8-6-5-7-9-12)18-17(19-16(13)20)23-11-15(21-2)22-3/h5-9,15H,4,10-11H2,1-3H3,(H,18,19,20). The SMILES string of the molecule is CCc1c(Cc2ccccc2)nc(SCC(OC)OC)[nH]c1=O. The second-order valence-electron chi connectivity index (χ2n) is 5.02. The third kappa shape index (κ3) is 4.92. The maximum Gasteiger partial charge on any atom is 0.254 e. The second kappa shape index (κ2) is 8.86. The highest BCUT2D eigenvalue weighted by Gasteiger charge is 2.13. The van der Waals surface area contributed by atoms with Crippen molar-refractivity contribution in [3.8, 4) is 0 Å². The molecule has 6 heteroatoms. The van der Waals surface area contributed by atoms with Gasteiger partial charge in [-0.15, -0.1) is 0 Å². The molecule has 0 aliphatic heterocycles. The van der Waals surface area contributed by atoms with Gasteiger partial charge in [0.25, 0.3) is 5.56 Å². The third-order valence-corrected chi connectivity index (χ3v) is 4.43. The summed E-state index contributed by atoms with van der Waals surface area (Å²) in [6.45, 7) is 1.97. The van der Waals surface area contributed by atoms with E-state index < -0.39 is 0 Å². The molecule has 0 aliphatic rings. The van der Waals surface area contributed by atoms with Gasteiger partial charge >= 0.3 is 0 Å². The lowest BCUT2D eigenvalue weighted by molar-refractivity contribution is -0.0842. The lowest BCUT2D eigenvalue weighted by Gasteiger charge is -2.13. The van der Waals surface area contributed by atoms with Crippen LogP contribution in [0.15, 0.2) is 40.3 Å². The van der Waals surface area contributed by atoms with Gasteiger partial charge in [0.05, 0.1) is 11.4 Å². The quantitative estimate of drug-likeness (QED) is 0.457. The minimum absolute atomic E-state index is 0.0673. The van der Waals surface area contributed by atoms with Gasteiger partial charge in [0.15, 0.2) is 11.4 Å². The Balaban J connectivity index is 2.23. The molecule has 0 bridgehead atoms. The number of rotatable bonds is 8. The second-order valence-corrected chi connectivity index (χ2v) is 6.03. The van der Waals surface area contributed by atoms with E-state index in [4.69, 9.17) is 9.47 Å². The molecule has 0 radical (unpaired) electrons. The topological polar surface area (TPSA) is 64.2 Å². The Morgan fingerprint density at radius 1 is 1.22 bits per heavy atom. The number of benzene rings is 1. The van der Waals surface area contributed by atoms with Crippen LogP contribution < -0.4 is 5.56 Å². The van der Waals surface area contributed by atoms with Crippen LogP contribution in [0.4, 0.5) is 0 Å². The zero-order valence-electron chi connectivity index (χ0n) is 13.7. The van der Waals surface area contributed by atoms with Crippen LogP contribution in [-0.4, -0.2) is 36.2 Å². The van der Waals surface area contributed by atoms with Gasteiger partial charge in [-0.3, -0.25) is 4.79 Å². The molecule has 0 fully saturated rings. The molecule has 0 amide bonds. The maximum atomic E-state index is 12.3. The molecule has 1 aromatic heterocycles. The predicted molar refractivity (Wildman–Crippen MR) is 92.0 cm³/mol. The molecule has 0 saturated carbocycles. The van der Waals surface area contributed by atoms with Gasteiger partial charge < -0.3 is 14.5 Å². The van der Waals surface area contributed by atoms with E-state index in [2.05, 4.69) is 9.97 Å². The molecule has 23 heavy (non-hydrogen) atoms. The Morgan fingerprint density at radius 3 is 2.52 bits per heavy atom. The first kappa shape index (κ1) is 17.7. The number of methoxy groups -OCH3 is 2. The Morgan fingerprint density at radius 2 is 1.91 bits per heavy atom. The molecule has 1 aromatic carbocycles. The summed E-state index contributed by atoms with van der Waals surface area (Å²) >= 11 is 1.42. The summed E-state index contributed by atoms with van der Waals surface area (Å²) in [4.78, 5) is 19.8. The maximum absolute atomic E-state index is 12.3. The Kier molecular flexibility index (Phi) is 6.83. The number of aromatic amines is 1. The van der Waals surface area contributed by atoms with E-state index in [1.165, 1.54) is 11.8 Å². The molecule has 0 unspecified atom stereocenters. The molecule has 5 nitrogen and oxygen atoms in total. The monoisotopic (exact) mass is 334 g/mol. The van der Waals surface area contributed by atoms with Gasteiger partial charge in [-0.25, -0.2) is 4.98 Å². The Labute approximate surface area is 140 Å². The third-order valence-electron chi connectivity index (χ3n) is 3.53. The van der Waals surface area contributed by atoms with E-state index in [-0.39, 0.29) is 11.8 Å². The number of nitrogens with zero attached hydrogens (tertiary/aromatic N) is 1. The van der Waals surface area contributed by atoms with Crippen LogP contribution >= 0.6 is 11.8 Å². The first-order valence-corrected chi connectivity index (χ1v) is 8.50. The zero-order chi connectivity index (χ0) is 16.7. The lowest BCUT2D eigenvalue weighted by Crippen LogP contribution is -2.20. The summed E-state index contributed by atoms with van der Waals surface area (Å²) < 4.78 is 10.3. The fourth-order valence-electron chi connectivity index (χ4n) is 2.27. The van der Waals surface area contributed by atoms with Crippen LogP contribution in [0.3, 0.4) is 0 Å². The largest absolute Gasteiger partial charge is 0.355 e. The summed E-state index contributed by atoms with van der Waals surface area (Å²) in [5.41, 5.74) is 2.65. The number of thioether (sulfide) groups is 1. The first-order chi connectivity index (χ1) is 11.2. The van der Waals surface area contributed by atoms with E-state index in [1.807, 2.05) is 37.3 Å². The van der Waals surface area contributed by atoms with Crippen molar-refractivity contribution in [2.75, 3.05) is 20.0 Å². The summed E-state index contributed by atoms with van der Waals surface area (Å²) in [5, 5.41) is 0.595. The number of hydrogen-bond acceptors (Lipinski definition) is 5. The fourth-order valence-corrected chi connectivity index (χ4v) is 3.18. The molecule has 0 saturated heterocycles. The van der Waals surface area contributed by atoms with E-state index in [0.29, 0.717) is 23.8 Å². The minimum Gasteiger partial charge on any atom is -0.355 e. The van der Waals surface area contributed by atoms with Crippen LogP contribution in [0.2, 0.25) is 0 Å². The lowest BCUT2D eigenvalue weighted by atomic mass is 10.1. The number of hydrogen-bond donors (Lipinski definition) is 1. The van der Waals surface area contributed by atoms with Crippen molar-refractivity contribution in [2.45, 2.75) is 31.2 Å². The average Bonchev–Trinajstić information content (AvgIpc) is 2.56. The van der Waals surface area contributed by atoms with Crippen molar-refractivity contribution in [3.63, 3.8) is 0 Å². The number of aromatic nitrogens is 2. The van der Waals surface area contributed by atoms with Crippen molar-refractivity contribution in [2.24, 2.45) is 0 Å². The van der Waals surface area contributed by atoms with Crippen molar-refractivity contribution in [3.05, 3.63) is 57.5 Å². The van der Waals surface area contributed by atoms with Crippen LogP contribution in [0.1, 0.15) is 23.7 Å². The van der Waals surface area contributed by atoms with Crippen molar-refractivity contribution in [1.29, 1.82) is 0 Å². The minimum atomic E-state index is -0.325. The molecular weight excluding hydrogens is 312 g/mol. The fraction of sp³-hybridized carbons (Fsp3) is 0.412. The predicted octanol–water partition coefficient (Wildman–Crippen LogP) is 2.63. The van der Waals surface area contributed by atoms with Crippen molar-refractivity contribution < 1.29 is 9.47 Å². The highest BCUT2D eigenvalue weighted by molar-refractivity contribution is 7.99. The van der Waals surface area contributed by atoms with Gasteiger partial charge in [0, 0.05) is 26.2 Å². The molecule has 2 rings (SSSR count). The smallest absolute Gasteiger partial charge is 0.254 e. The highest BCUT2D eigenvalue weighted by atomic mass is 32.2. The van der Waals surface area contributed by atoms with Gasteiger partial charge in [-0.2, -0.15) is 0 Å². The Hall–Kier alpha value is -1.63. The van der Waals surface area contributed by atoms with Gasteiger partial charge in [-0.1, -0.05) is 49.0 Å². The van der Waals surface area contributed by atoms with Gasteiger partial charge in [-0.05, 0) is 12.0 Å². The Bertz CT molecular complexity index is 669. The molecular formula is C17H22N2O3S. The summed E-state index contributed by atoms with van der Waals surface area (Å²) in [7, 11) is 3.18. The van der Waals surface area contributed by atoms with E-state index in [0.717, 1.165) is 16.8 Å². The highest BCUT2D eigenvalue weighted by Crippen LogP contribution is 2.17. The molecule has 124 valence electrons. The van der Waals surface area contributed by atoms with E-state index in [9.17, 15) is 4.79 Å². The van der Waals surface area contributed by atoms with E-state index in [1.54, 1.807) is 14.2 Å². The van der Waals surface area contributed by atoms with Crippen molar-refractivity contribution >= 4 is 11.8 Å². The molecule has 0 atom stereocenters.